The second-order valence-electron chi connectivity index (χ2n) is 7.30. The van der Waals surface area contributed by atoms with Gasteiger partial charge in [-0.25, -0.2) is 4.68 Å². The molecule has 0 spiro atoms. The number of carbonyl (C=O) groups excluding carboxylic acids is 1. The zero-order valence-corrected chi connectivity index (χ0v) is 15.1. The van der Waals surface area contributed by atoms with Crippen LogP contribution in [0.5, 0.6) is 0 Å². The molecule has 5 heteroatoms. The summed E-state index contributed by atoms with van der Waals surface area (Å²) in [6, 6.07) is 18.4. The van der Waals surface area contributed by atoms with Gasteiger partial charge in [0.15, 0.2) is 5.78 Å². The molecule has 0 radical (unpaired) electrons. The maximum atomic E-state index is 13.2. The predicted octanol–water partition coefficient (Wildman–Crippen LogP) is 4.00. The van der Waals surface area contributed by atoms with Gasteiger partial charge in [0.1, 0.15) is 12.4 Å². The van der Waals surface area contributed by atoms with Crippen LogP contribution >= 0.6 is 0 Å². The summed E-state index contributed by atoms with van der Waals surface area (Å²) in [5, 5.41) is 7.76. The van der Waals surface area contributed by atoms with Crippen molar-refractivity contribution >= 4 is 11.7 Å². The lowest BCUT2D eigenvalue weighted by Crippen LogP contribution is -2.33. The number of carbonyl (C=O) groups is 1. The van der Waals surface area contributed by atoms with E-state index in [0.29, 0.717) is 12.4 Å². The Balaban J connectivity index is 1.60. The van der Waals surface area contributed by atoms with Gasteiger partial charge >= 0.3 is 0 Å². The van der Waals surface area contributed by atoms with Crippen LogP contribution in [0.1, 0.15) is 41.5 Å². The van der Waals surface area contributed by atoms with E-state index in [4.69, 9.17) is 0 Å². The second-order valence-corrected chi connectivity index (χ2v) is 7.30. The number of ketones is 1. The zero-order chi connectivity index (χ0) is 18.4. The molecule has 2 atom stereocenters. The van der Waals surface area contributed by atoms with Gasteiger partial charge in [0.05, 0.1) is 0 Å². The van der Waals surface area contributed by atoms with Crippen molar-refractivity contribution < 1.29 is 4.79 Å². The van der Waals surface area contributed by atoms with Gasteiger partial charge < -0.3 is 5.32 Å². The Hall–Kier alpha value is -3.21. The lowest BCUT2D eigenvalue weighted by Gasteiger charge is -2.35. The molecule has 134 valence electrons. The third-order valence-electron chi connectivity index (χ3n) is 5.53. The second kappa shape index (κ2) is 6.20. The summed E-state index contributed by atoms with van der Waals surface area (Å²) >= 11 is 0. The SMILES string of the molecule is Cc1ccc([C@H]2C3=C(C[C@H](c4ccccc4)CC3=O)Nc3ncnn32)cc1. The average Bonchev–Trinajstić information content (AvgIpc) is 3.16. The largest absolute Gasteiger partial charge is 0.328 e. The van der Waals surface area contributed by atoms with E-state index in [9.17, 15) is 4.79 Å². The van der Waals surface area contributed by atoms with E-state index in [0.717, 1.165) is 23.3 Å². The van der Waals surface area contributed by atoms with E-state index >= 15 is 0 Å². The normalized spacial score (nSPS) is 21.4. The van der Waals surface area contributed by atoms with E-state index in [1.165, 1.54) is 11.1 Å². The number of allylic oxidation sites excluding steroid dienone is 2. The highest BCUT2D eigenvalue weighted by Crippen LogP contribution is 2.43. The highest BCUT2D eigenvalue weighted by atomic mass is 16.1. The zero-order valence-electron chi connectivity index (χ0n) is 15.1. The van der Waals surface area contributed by atoms with Crippen molar-refractivity contribution in [3.05, 3.63) is 88.9 Å². The number of fused-ring (bicyclic) bond motifs is 1. The van der Waals surface area contributed by atoms with Crippen LogP contribution in [0.3, 0.4) is 0 Å². The van der Waals surface area contributed by atoms with Crippen molar-refractivity contribution in [1.82, 2.24) is 14.8 Å². The van der Waals surface area contributed by atoms with Crippen LogP contribution in [0.15, 0.2) is 72.2 Å². The first kappa shape index (κ1) is 16.0. The highest BCUT2D eigenvalue weighted by molar-refractivity contribution is 6.00. The first-order valence-electron chi connectivity index (χ1n) is 9.25. The minimum absolute atomic E-state index is 0.185. The Labute approximate surface area is 157 Å². The molecule has 1 aromatic heterocycles. The minimum atomic E-state index is -0.219. The van der Waals surface area contributed by atoms with Crippen LogP contribution in [0, 0.1) is 6.92 Å². The summed E-state index contributed by atoms with van der Waals surface area (Å²) in [4.78, 5) is 17.6. The third kappa shape index (κ3) is 2.67. The first-order chi connectivity index (χ1) is 13.2. The molecule has 0 amide bonds. The van der Waals surface area contributed by atoms with Crippen molar-refractivity contribution in [1.29, 1.82) is 0 Å². The summed E-state index contributed by atoms with van der Waals surface area (Å²) in [7, 11) is 0. The molecular weight excluding hydrogens is 336 g/mol. The Kier molecular flexibility index (Phi) is 3.67. The van der Waals surface area contributed by atoms with Gasteiger partial charge in [0.2, 0.25) is 5.95 Å². The smallest absolute Gasteiger partial charge is 0.226 e. The summed E-state index contributed by atoms with van der Waals surface area (Å²) in [6.45, 7) is 2.06. The lowest BCUT2D eigenvalue weighted by molar-refractivity contribution is -0.116. The molecule has 5 rings (SSSR count). The van der Waals surface area contributed by atoms with Crippen LogP contribution in [0.25, 0.3) is 0 Å². The fraction of sp³-hybridized carbons (Fsp3) is 0.227. The van der Waals surface area contributed by atoms with Crippen LogP contribution in [-0.2, 0) is 4.79 Å². The highest BCUT2D eigenvalue weighted by Gasteiger charge is 2.39. The maximum Gasteiger partial charge on any atom is 0.226 e. The molecule has 1 N–H and O–H groups in total. The monoisotopic (exact) mass is 356 g/mol. The fourth-order valence-corrected chi connectivity index (χ4v) is 4.17. The number of benzene rings is 2. The number of rotatable bonds is 2. The average molecular weight is 356 g/mol. The van der Waals surface area contributed by atoms with Gasteiger partial charge in [0, 0.05) is 17.7 Å². The topological polar surface area (TPSA) is 59.8 Å². The Morgan fingerprint density at radius 1 is 1.00 bits per heavy atom. The number of hydrogen-bond donors (Lipinski definition) is 1. The van der Waals surface area contributed by atoms with Gasteiger partial charge in [-0.15, -0.1) is 0 Å². The van der Waals surface area contributed by atoms with Crippen molar-refractivity contribution in [3.8, 4) is 0 Å². The Bertz CT molecular complexity index is 1030. The fourth-order valence-electron chi connectivity index (χ4n) is 4.17. The molecule has 5 nitrogen and oxygen atoms in total. The molecule has 1 aliphatic carbocycles. The molecule has 0 saturated heterocycles. The summed E-state index contributed by atoms with van der Waals surface area (Å²) < 4.78 is 1.82. The van der Waals surface area contributed by atoms with Crippen LogP contribution in [0.4, 0.5) is 5.95 Å². The van der Waals surface area contributed by atoms with Gasteiger partial charge in [-0.2, -0.15) is 10.1 Å². The molecule has 0 fully saturated rings. The van der Waals surface area contributed by atoms with Crippen molar-refractivity contribution in [2.24, 2.45) is 0 Å². The number of Topliss-reactive ketones (excluding diaryl/α,β-unsaturated/α-hetero) is 1. The lowest BCUT2D eigenvalue weighted by atomic mass is 9.78. The van der Waals surface area contributed by atoms with E-state index in [1.807, 2.05) is 22.9 Å². The molecule has 0 saturated carbocycles. The molecule has 2 heterocycles. The number of nitrogens with zero attached hydrogens (tertiary/aromatic N) is 3. The van der Waals surface area contributed by atoms with Crippen LogP contribution in [0.2, 0.25) is 0 Å². The Morgan fingerprint density at radius 2 is 1.78 bits per heavy atom. The molecular formula is C22H20N4O. The van der Waals surface area contributed by atoms with Crippen LogP contribution < -0.4 is 5.32 Å². The van der Waals surface area contributed by atoms with Crippen molar-refractivity contribution in [3.63, 3.8) is 0 Å². The number of anilines is 1. The van der Waals surface area contributed by atoms with E-state index in [2.05, 4.69) is 58.7 Å². The molecule has 2 aromatic carbocycles. The van der Waals surface area contributed by atoms with Gasteiger partial charge in [-0.3, -0.25) is 4.79 Å². The van der Waals surface area contributed by atoms with E-state index in [1.54, 1.807) is 6.33 Å². The van der Waals surface area contributed by atoms with Crippen molar-refractivity contribution in [2.45, 2.75) is 31.7 Å². The Morgan fingerprint density at radius 3 is 2.56 bits per heavy atom. The van der Waals surface area contributed by atoms with Gasteiger partial charge in [-0.1, -0.05) is 60.2 Å². The van der Waals surface area contributed by atoms with Gasteiger partial charge in [-0.05, 0) is 30.4 Å². The maximum absolute atomic E-state index is 13.2. The molecule has 2 aliphatic rings. The molecule has 27 heavy (non-hydrogen) atoms. The summed E-state index contributed by atoms with van der Waals surface area (Å²) in [5.41, 5.74) is 5.26. The van der Waals surface area contributed by atoms with E-state index < -0.39 is 0 Å². The molecule has 0 bridgehead atoms. The number of aryl methyl sites for hydroxylation is 1. The van der Waals surface area contributed by atoms with Gasteiger partial charge in [0.25, 0.3) is 0 Å². The molecule has 1 aliphatic heterocycles. The third-order valence-corrected chi connectivity index (χ3v) is 5.53. The predicted molar refractivity (Wildman–Crippen MR) is 103 cm³/mol. The number of aromatic nitrogens is 3. The molecule has 3 aromatic rings. The molecule has 0 unspecified atom stereocenters. The standard InChI is InChI=1S/C22H20N4O/c1-14-7-9-16(10-8-14)21-20-18(25-22-23-13-24-26(21)22)11-17(12-19(20)27)15-5-3-2-4-6-15/h2-10,13,17,21H,11-12H2,1H3,(H,23,24,25)/t17-,21-/m0/s1. The van der Waals surface area contributed by atoms with Crippen molar-refractivity contribution in [2.75, 3.05) is 5.32 Å². The summed E-state index contributed by atoms with van der Waals surface area (Å²) in [6.07, 6.45) is 2.87. The van der Waals surface area contributed by atoms with Crippen LogP contribution in [-0.4, -0.2) is 20.5 Å². The number of nitrogens with one attached hydrogen (secondary N) is 1. The number of hydrogen-bond acceptors (Lipinski definition) is 4. The van der Waals surface area contributed by atoms with E-state index in [-0.39, 0.29) is 17.7 Å². The summed E-state index contributed by atoms with van der Waals surface area (Å²) in [5.74, 6) is 1.07. The minimum Gasteiger partial charge on any atom is -0.328 e. The first-order valence-corrected chi connectivity index (χ1v) is 9.25. The quantitative estimate of drug-likeness (QED) is 0.754.